The number of hydrogen-bond acceptors (Lipinski definition) is 4. The Balaban J connectivity index is 2.60. The third kappa shape index (κ3) is 1.72. The molecule has 2 atom stereocenters. The number of carbonyl (C=O) groups excluding carboxylic acids is 2. The zero-order chi connectivity index (χ0) is 9.14. The zero-order valence-corrected chi connectivity index (χ0v) is 6.28. The maximum absolute atomic E-state index is 10.9. The third-order valence-electron chi connectivity index (χ3n) is 1.59. The van der Waals surface area contributed by atoms with Crippen molar-refractivity contribution in [1.29, 1.82) is 0 Å². The molecule has 0 saturated carbocycles. The molecule has 1 saturated heterocycles. The highest BCUT2D eigenvalue weighted by atomic mass is 16.3. The van der Waals surface area contributed by atoms with E-state index in [2.05, 4.69) is 10.6 Å². The SMILES string of the molecule is O=C1CNC(=O)C(C(O)CO)N1. The summed E-state index contributed by atoms with van der Waals surface area (Å²) in [5.41, 5.74) is 0. The first kappa shape index (κ1) is 8.95. The lowest BCUT2D eigenvalue weighted by Crippen LogP contribution is -2.61. The fraction of sp³-hybridized carbons (Fsp3) is 0.667. The van der Waals surface area contributed by atoms with Crippen LogP contribution in [-0.4, -0.2) is 47.3 Å². The Labute approximate surface area is 68.6 Å². The molecule has 6 heteroatoms. The van der Waals surface area contributed by atoms with E-state index in [4.69, 9.17) is 10.2 Å². The molecule has 0 aliphatic carbocycles. The summed E-state index contributed by atoms with van der Waals surface area (Å²) < 4.78 is 0. The Hall–Kier alpha value is -1.14. The predicted molar refractivity (Wildman–Crippen MR) is 38.0 cm³/mol. The molecule has 0 aromatic carbocycles. The van der Waals surface area contributed by atoms with Crippen molar-refractivity contribution in [2.75, 3.05) is 13.2 Å². The van der Waals surface area contributed by atoms with E-state index in [0.29, 0.717) is 0 Å². The van der Waals surface area contributed by atoms with Gasteiger partial charge in [-0.15, -0.1) is 0 Å². The molecule has 2 unspecified atom stereocenters. The molecule has 68 valence electrons. The first-order valence-electron chi connectivity index (χ1n) is 3.51. The summed E-state index contributed by atoms with van der Waals surface area (Å²) in [6.07, 6.45) is -1.24. The molecule has 6 nitrogen and oxygen atoms in total. The molecule has 1 aliphatic rings. The van der Waals surface area contributed by atoms with Gasteiger partial charge in [0.05, 0.1) is 13.2 Å². The van der Waals surface area contributed by atoms with Crippen LogP contribution in [-0.2, 0) is 9.59 Å². The molecule has 0 aromatic heterocycles. The van der Waals surface area contributed by atoms with Crippen molar-refractivity contribution < 1.29 is 19.8 Å². The number of nitrogens with one attached hydrogen (secondary N) is 2. The van der Waals surface area contributed by atoms with Gasteiger partial charge in [-0.05, 0) is 0 Å². The van der Waals surface area contributed by atoms with Crippen LogP contribution in [0.15, 0.2) is 0 Å². The average Bonchev–Trinajstić information content (AvgIpc) is 2.08. The molecule has 2 amide bonds. The van der Waals surface area contributed by atoms with Crippen LogP contribution in [0.1, 0.15) is 0 Å². The number of piperazine rings is 1. The summed E-state index contributed by atoms with van der Waals surface area (Å²) in [5, 5.41) is 22.1. The topological polar surface area (TPSA) is 98.7 Å². The first-order valence-corrected chi connectivity index (χ1v) is 3.51. The van der Waals surface area contributed by atoms with Gasteiger partial charge in [0.25, 0.3) is 0 Å². The number of amides is 2. The molecule has 0 radical (unpaired) electrons. The Bertz CT molecular complexity index is 206. The Morgan fingerprint density at radius 2 is 2.25 bits per heavy atom. The second kappa shape index (κ2) is 3.51. The highest BCUT2D eigenvalue weighted by Gasteiger charge is 2.31. The summed E-state index contributed by atoms with van der Waals surface area (Å²) in [4.78, 5) is 21.7. The van der Waals surface area contributed by atoms with Gasteiger partial charge in [0, 0.05) is 0 Å². The number of rotatable bonds is 2. The summed E-state index contributed by atoms with van der Waals surface area (Å²) >= 11 is 0. The van der Waals surface area contributed by atoms with Crippen LogP contribution in [0.3, 0.4) is 0 Å². The quantitative estimate of drug-likeness (QED) is 0.357. The second-order valence-electron chi connectivity index (χ2n) is 2.51. The van der Waals surface area contributed by atoms with E-state index in [9.17, 15) is 9.59 Å². The normalized spacial score (nSPS) is 26.0. The van der Waals surface area contributed by atoms with Crippen molar-refractivity contribution in [2.24, 2.45) is 0 Å². The van der Waals surface area contributed by atoms with Crippen LogP contribution in [0.2, 0.25) is 0 Å². The number of hydrogen-bond donors (Lipinski definition) is 4. The van der Waals surface area contributed by atoms with Crippen molar-refractivity contribution in [3.8, 4) is 0 Å². The molecule has 12 heavy (non-hydrogen) atoms. The van der Waals surface area contributed by atoms with Gasteiger partial charge in [-0.3, -0.25) is 9.59 Å². The van der Waals surface area contributed by atoms with Crippen LogP contribution in [0.25, 0.3) is 0 Å². The lowest BCUT2D eigenvalue weighted by Gasteiger charge is -2.25. The molecule has 0 spiro atoms. The standard InChI is InChI=1S/C6H10N2O4/c9-2-3(10)5-6(12)7-1-4(11)8-5/h3,5,9-10H,1-2H2,(H,7,12)(H,8,11). The Morgan fingerprint density at radius 3 is 2.83 bits per heavy atom. The van der Waals surface area contributed by atoms with Gasteiger partial charge in [0.15, 0.2) is 0 Å². The van der Waals surface area contributed by atoms with E-state index in [-0.39, 0.29) is 12.5 Å². The first-order chi connectivity index (χ1) is 5.65. The van der Waals surface area contributed by atoms with Crippen LogP contribution in [0, 0.1) is 0 Å². The highest BCUT2D eigenvalue weighted by Crippen LogP contribution is 1.96. The van der Waals surface area contributed by atoms with Crippen LogP contribution < -0.4 is 10.6 Å². The van der Waals surface area contributed by atoms with Crippen molar-refractivity contribution in [3.05, 3.63) is 0 Å². The van der Waals surface area contributed by atoms with E-state index in [0.717, 1.165) is 0 Å². The number of aliphatic hydroxyl groups excluding tert-OH is 2. The smallest absolute Gasteiger partial charge is 0.245 e. The minimum absolute atomic E-state index is 0.0759. The van der Waals surface area contributed by atoms with Gasteiger partial charge in [0.2, 0.25) is 11.8 Å². The zero-order valence-electron chi connectivity index (χ0n) is 6.28. The molecular formula is C6H10N2O4. The second-order valence-corrected chi connectivity index (χ2v) is 2.51. The highest BCUT2D eigenvalue weighted by molar-refractivity contribution is 5.95. The fourth-order valence-corrected chi connectivity index (χ4v) is 0.944. The van der Waals surface area contributed by atoms with Crippen molar-refractivity contribution in [3.63, 3.8) is 0 Å². The minimum Gasteiger partial charge on any atom is -0.394 e. The summed E-state index contributed by atoms with van der Waals surface area (Å²) in [6, 6.07) is -1.03. The molecule has 1 rings (SSSR count). The summed E-state index contributed by atoms with van der Waals surface area (Å²) in [6.45, 7) is -0.633. The van der Waals surface area contributed by atoms with Gasteiger partial charge >= 0.3 is 0 Å². The van der Waals surface area contributed by atoms with Gasteiger partial charge in [0.1, 0.15) is 12.1 Å². The molecule has 1 fully saturated rings. The molecule has 1 heterocycles. The summed E-state index contributed by atoms with van der Waals surface area (Å²) in [7, 11) is 0. The fourth-order valence-electron chi connectivity index (χ4n) is 0.944. The number of carbonyl (C=O) groups is 2. The van der Waals surface area contributed by atoms with Gasteiger partial charge < -0.3 is 20.8 Å². The minimum atomic E-state index is -1.24. The molecular weight excluding hydrogens is 164 g/mol. The van der Waals surface area contributed by atoms with Crippen LogP contribution in [0.4, 0.5) is 0 Å². The largest absolute Gasteiger partial charge is 0.394 e. The van der Waals surface area contributed by atoms with Crippen molar-refractivity contribution in [1.82, 2.24) is 10.6 Å². The van der Waals surface area contributed by atoms with E-state index in [1.165, 1.54) is 0 Å². The molecule has 4 N–H and O–H groups in total. The average molecular weight is 174 g/mol. The van der Waals surface area contributed by atoms with E-state index < -0.39 is 24.7 Å². The Morgan fingerprint density at radius 1 is 1.58 bits per heavy atom. The van der Waals surface area contributed by atoms with Crippen molar-refractivity contribution >= 4 is 11.8 Å². The van der Waals surface area contributed by atoms with Crippen molar-refractivity contribution in [2.45, 2.75) is 12.1 Å². The van der Waals surface area contributed by atoms with E-state index >= 15 is 0 Å². The monoisotopic (exact) mass is 174 g/mol. The third-order valence-corrected chi connectivity index (χ3v) is 1.59. The Kier molecular flexibility index (Phi) is 2.61. The molecule has 1 aliphatic heterocycles. The summed E-state index contributed by atoms with van der Waals surface area (Å²) in [5.74, 6) is -0.844. The van der Waals surface area contributed by atoms with Gasteiger partial charge in [-0.2, -0.15) is 0 Å². The number of aliphatic hydroxyl groups is 2. The molecule has 0 aromatic rings. The van der Waals surface area contributed by atoms with Crippen LogP contribution >= 0.6 is 0 Å². The van der Waals surface area contributed by atoms with Crippen LogP contribution in [0.5, 0.6) is 0 Å². The lowest BCUT2D eigenvalue weighted by molar-refractivity contribution is -0.137. The van der Waals surface area contributed by atoms with Gasteiger partial charge in [-0.25, -0.2) is 0 Å². The van der Waals surface area contributed by atoms with Gasteiger partial charge in [-0.1, -0.05) is 0 Å². The van der Waals surface area contributed by atoms with E-state index in [1.54, 1.807) is 0 Å². The maximum Gasteiger partial charge on any atom is 0.245 e. The van der Waals surface area contributed by atoms with E-state index in [1.807, 2.05) is 0 Å². The molecule has 0 bridgehead atoms. The maximum atomic E-state index is 10.9. The lowest BCUT2D eigenvalue weighted by atomic mass is 10.1. The predicted octanol–water partition coefficient (Wildman–Crippen LogP) is -3.05.